The van der Waals surface area contributed by atoms with Crippen molar-refractivity contribution < 1.29 is 14.3 Å². The Balaban J connectivity index is 1.53. The number of nitrogens with zero attached hydrogens (tertiary/aromatic N) is 1. The summed E-state index contributed by atoms with van der Waals surface area (Å²) in [5, 5.41) is 14.1. The molecule has 7 heteroatoms. The first kappa shape index (κ1) is 21.9. The highest BCUT2D eigenvalue weighted by molar-refractivity contribution is 6.08. The molecular formula is C25H30N4O3. The highest BCUT2D eigenvalue weighted by Crippen LogP contribution is 2.34. The molecule has 2 aliphatic rings. The maximum absolute atomic E-state index is 13.2. The molecule has 1 aliphatic heterocycles. The predicted molar refractivity (Wildman–Crippen MR) is 124 cm³/mol. The largest absolute Gasteiger partial charge is 0.490 e. The zero-order valence-corrected chi connectivity index (χ0v) is 18.4. The van der Waals surface area contributed by atoms with Crippen LogP contribution in [0.1, 0.15) is 48.9 Å². The van der Waals surface area contributed by atoms with E-state index in [0.29, 0.717) is 29.3 Å². The van der Waals surface area contributed by atoms with E-state index in [4.69, 9.17) is 10.1 Å². The predicted octanol–water partition coefficient (Wildman–Crippen LogP) is 4.02. The van der Waals surface area contributed by atoms with E-state index in [1.54, 1.807) is 31.3 Å². The minimum atomic E-state index is -0.989. The lowest BCUT2D eigenvalue weighted by atomic mass is 9.79. The van der Waals surface area contributed by atoms with Gasteiger partial charge in [-0.2, -0.15) is 0 Å². The highest BCUT2D eigenvalue weighted by atomic mass is 16.5. The second-order valence-electron chi connectivity index (χ2n) is 8.73. The van der Waals surface area contributed by atoms with Gasteiger partial charge in [-0.3, -0.25) is 19.9 Å². The summed E-state index contributed by atoms with van der Waals surface area (Å²) in [6.45, 7) is 0.0602. The summed E-state index contributed by atoms with van der Waals surface area (Å²) in [6, 6.07) is 16.3. The van der Waals surface area contributed by atoms with Gasteiger partial charge in [-0.05, 0) is 36.6 Å². The first-order valence-corrected chi connectivity index (χ1v) is 11.2. The molecule has 168 valence electrons. The lowest BCUT2D eigenvalue weighted by Crippen LogP contribution is -2.53. The van der Waals surface area contributed by atoms with Crippen molar-refractivity contribution in [3.8, 4) is 5.75 Å². The molecule has 3 N–H and O–H groups in total. The SMILES string of the molecule is CN1C(=N)NC(COc2ccccc2C(=O)Nc2ccccc2)(CC2CCCCC2)C1=O. The number of rotatable bonds is 7. The standard InChI is InChI=1S/C25H30N4O3/c1-29-23(31)25(28-24(29)26,16-18-10-4-2-5-11-18)17-32-21-15-9-8-14-20(21)22(30)27-19-12-6-3-7-13-19/h3,6-9,12-15,18H,2,4-5,10-11,16-17H2,1H3,(H2,26,28)(H,27,30). The Kier molecular flexibility index (Phi) is 6.44. The van der Waals surface area contributed by atoms with Crippen LogP contribution in [0.4, 0.5) is 5.69 Å². The Morgan fingerprint density at radius 1 is 1.12 bits per heavy atom. The summed E-state index contributed by atoms with van der Waals surface area (Å²) in [7, 11) is 1.61. The van der Waals surface area contributed by atoms with Gasteiger partial charge in [0, 0.05) is 12.7 Å². The smallest absolute Gasteiger partial charge is 0.259 e. The van der Waals surface area contributed by atoms with Crippen molar-refractivity contribution in [2.24, 2.45) is 5.92 Å². The van der Waals surface area contributed by atoms with Crippen LogP contribution in [-0.2, 0) is 4.79 Å². The third-order valence-corrected chi connectivity index (χ3v) is 6.41. The molecule has 32 heavy (non-hydrogen) atoms. The quantitative estimate of drug-likeness (QED) is 0.613. The van der Waals surface area contributed by atoms with Crippen molar-refractivity contribution in [2.45, 2.75) is 44.1 Å². The number of anilines is 1. The third-order valence-electron chi connectivity index (χ3n) is 6.41. The van der Waals surface area contributed by atoms with Gasteiger partial charge in [0.15, 0.2) is 11.5 Å². The molecule has 1 atom stereocenters. The summed E-state index contributed by atoms with van der Waals surface area (Å²) in [6.07, 6.45) is 6.38. The van der Waals surface area contributed by atoms with E-state index in [9.17, 15) is 9.59 Å². The summed E-state index contributed by atoms with van der Waals surface area (Å²) in [5.41, 5.74) is 0.110. The molecule has 1 saturated heterocycles. The fraction of sp³-hybridized carbons (Fsp3) is 0.400. The van der Waals surface area contributed by atoms with Gasteiger partial charge in [0.2, 0.25) is 0 Å². The molecule has 0 bridgehead atoms. The van der Waals surface area contributed by atoms with Crippen LogP contribution in [0.2, 0.25) is 0 Å². The fourth-order valence-electron chi connectivity index (χ4n) is 4.67. The molecule has 2 fully saturated rings. The maximum atomic E-state index is 13.2. The van der Waals surface area contributed by atoms with Crippen LogP contribution in [0.3, 0.4) is 0 Å². The molecule has 1 saturated carbocycles. The highest BCUT2D eigenvalue weighted by Gasteiger charge is 2.50. The minimum Gasteiger partial charge on any atom is -0.490 e. The minimum absolute atomic E-state index is 0.0602. The zero-order chi connectivity index (χ0) is 22.6. The number of nitrogens with one attached hydrogen (secondary N) is 3. The van der Waals surface area contributed by atoms with E-state index in [0.717, 1.165) is 12.8 Å². The molecule has 1 unspecified atom stereocenters. The van der Waals surface area contributed by atoms with Gasteiger partial charge in [0.05, 0.1) is 5.56 Å². The van der Waals surface area contributed by atoms with Crippen LogP contribution in [-0.4, -0.2) is 41.9 Å². The Labute approximate surface area is 188 Å². The normalized spacial score (nSPS) is 21.3. The van der Waals surface area contributed by atoms with Crippen LogP contribution in [0.5, 0.6) is 5.75 Å². The lowest BCUT2D eigenvalue weighted by Gasteiger charge is -2.32. The number of likely N-dealkylation sites (N-methyl/N-ethyl adjacent to an activating group) is 1. The monoisotopic (exact) mass is 434 g/mol. The molecule has 4 rings (SSSR count). The summed E-state index contributed by atoms with van der Waals surface area (Å²) in [5.74, 6) is 0.492. The van der Waals surface area contributed by atoms with E-state index in [2.05, 4.69) is 10.6 Å². The number of carbonyl (C=O) groups excluding carboxylic acids is 2. The van der Waals surface area contributed by atoms with Gasteiger partial charge >= 0.3 is 0 Å². The van der Waals surface area contributed by atoms with E-state index >= 15 is 0 Å². The fourth-order valence-corrected chi connectivity index (χ4v) is 4.67. The van der Waals surface area contributed by atoms with Crippen molar-refractivity contribution in [3.63, 3.8) is 0 Å². The number of hydrogen-bond acceptors (Lipinski definition) is 4. The van der Waals surface area contributed by atoms with Crippen LogP contribution in [0.25, 0.3) is 0 Å². The molecule has 2 amide bonds. The maximum Gasteiger partial charge on any atom is 0.259 e. The summed E-state index contributed by atoms with van der Waals surface area (Å²) >= 11 is 0. The molecule has 2 aromatic carbocycles. The van der Waals surface area contributed by atoms with Crippen molar-refractivity contribution >= 4 is 23.5 Å². The second kappa shape index (κ2) is 9.42. The summed E-state index contributed by atoms with van der Waals surface area (Å²) in [4.78, 5) is 27.4. The van der Waals surface area contributed by atoms with Gasteiger partial charge in [0.25, 0.3) is 11.8 Å². The number of guanidine groups is 1. The molecule has 2 aromatic rings. The first-order chi connectivity index (χ1) is 15.5. The number of amides is 2. The summed E-state index contributed by atoms with van der Waals surface area (Å²) < 4.78 is 6.12. The Hall–Kier alpha value is -3.35. The van der Waals surface area contributed by atoms with Gasteiger partial charge in [-0.1, -0.05) is 62.4 Å². The molecule has 0 aromatic heterocycles. The first-order valence-electron chi connectivity index (χ1n) is 11.2. The average Bonchev–Trinajstić information content (AvgIpc) is 3.03. The van der Waals surface area contributed by atoms with Crippen molar-refractivity contribution in [3.05, 3.63) is 60.2 Å². The van der Waals surface area contributed by atoms with Gasteiger partial charge in [0.1, 0.15) is 12.4 Å². The van der Waals surface area contributed by atoms with E-state index < -0.39 is 5.54 Å². The lowest BCUT2D eigenvalue weighted by molar-refractivity contribution is -0.132. The number of benzene rings is 2. The van der Waals surface area contributed by atoms with E-state index in [1.165, 1.54) is 24.2 Å². The Morgan fingerprint density at radius 3 is 2.50 bits per heavy atom. The zero-order valence-electron chi connectivity index (χ0n) is 18.4. The molecule has 1 aliphatic carbocycles. The van der Waals surface area contributed by atoms with Crippen molar-refractivity contribution in [1.82, 2.24) is 10.2 Å². The molecule has 0 radical (unpaired) electrons. The molecule has 7 nitrogen and oxygen atoms in total. The van der Waals surface area contributed by atoms with Crippen LogP contribution in [0, 0.1) is 11.3 Å². The molecule has 0 spiro atoms. The Morgan fingerprint density at radius 2 is 1.81 bits per heavy atom. The second-order valence-corrected chi connectivity index (χ2v) is 8.73. The third kappa shape index (κ3) is 4.61. The van der Waals surface area contributed by atoms with Gasteiger partial charge < -0.3 is 15.4 Å². The van der Waals surface area contributed by atoms with Crippen LogP contribution < -0.4 is 15.4 Å². The number of hydrogen-bond donors (Lipinski definition) is 3. The van der Waals surface area contributed by atoms with Crippen molar-refractivity contribution in [2.75, 3.05) is 19.0 Å². The van der Waals surface area contributed by atoms with E-state index in [1.807, 2.05) is 30.3 Å². The van der Waals surface area contributed by atoms with E-state index in [-0.39, 0.29) is 24.4 Å². The molecule has 1 heterocycles. The topological polar surface area (TPSA) is 94.5 Å². The Bertz CT molecular complexity index is 988. The number of carbonyl (C=O) groups is 2. The van der Waals surface area contributed by atoms with Gasteiger partial charge in [-0.25, -0.2) is 0 Å². The van der Waals surface area contributed by atoms with Gasteiger partial charge in [-0.15, -0.1) is 0 Å². The van der Waals surface area contributed by atoms with Crippen LogP contribution >= 0.6 is 0 Å². The van der Waals surface area contributed by atoms with Crippen LogP contribution in [0.15, 0.2) is 54.6 Å². The average molecular weight is 435 g/mol. The molecular weight excluding hydrogens is 404 g/mol. The number of para-hydroxylation sites is 2. The van der Waals surface area contributed by atoms with Crippen molar-refractivity contribution in [1.29, 1.82) is 5.41 Å². The number of ether oxygens (including phenoxy) is 1.